The number of carbonyl (C=O) groups excluding carboxylic acids is 4. The zero-order valence-electron chi connectivity index (χ0n) is 17.8. The number of methoxy groups -OCH3 is 1. The Balaban J connectivity index is 2.30. The Morgan fingerprint density at radius 2 is 1.83 bits per heavy atom. The van der Waals surface area contributed by atoms with E-state index in [1.54, 1.807) is 0 Å². The fourth-order valence-corrected chi connectivity index (χ4v) is 3.67. The summed E-state index contributed by atoms with van der Waals surface area (Å²) in [5.41, 5.74) is 6.59. The maximum absolute atomic E-state index is 13.0. The first-order valence-corrected chi connectivity index (χ1v) is 9.96. The molecule has 1 heterocycles. The lowest BCUT2D eigenvalue weighted by Crippen LogP contribution is -2.57. The second-order valence-corrected chi connectivity index (χ2v) is 7.90. The number of rotatable bonds is 9. The number of ether oxygens (including phenoxy) is 1. The van der Waals surface area contributed by atoms with E-state index in [1.807, 2.05) is 44.2 Å². The highest BCUT2D eigenvalue weighted by Crippen LogP contribution is 2.24. The van der Waals surface area contributed by atoms with Crippen LogP contribution in [0.15, 0.2) is 30.3 Å². The highest BCUT2D eigenvalue weighted by Gasteiger charge is 2.48. The molecule has 0 bridgehead atoms. The van der Waals surface area contributed by atoms with Gasteiger partial charge in [0.05, 0.1) is 13.2 Å². The first kappa shape index (κ1) is 23.2. The van der Waals surface area contributed by atoms with Gasteiger partial charge in [0.1, 0.15) is 18.1 Å². The Hall–Kier alpha value is -3.10. The highest BCUT2D eigenvalue weighted by atomic mass is 16.5. The summed E-state index contributed by atoms with van der Waals surface area (Å²) in [6.07, 6.45) is 0.695. The molecular formula is C21H30N4O5. The number of benzene rings is 1. The quantitative estimate of drug-likeness (QED) is 0.505. The van der Waals surface area contributed by atoms with Gasteiger partial charge in [0, 0.05) is 0 Å². The number of primary amides is 1. The number of nitrogens with two attached hydrogens (primary N) is 1. The van der Waals surface area contributed by atoms with Crippen LogP contribution in [0.4, 0.5) is 4.79 Å². The van der Waals surface area contributed by atoms with Crippen molar-refractivity contribution in [3.05, 3.63) is 35.9 Å². The molecule has 0 aliphatic carbocycles. The van der Waals surface area contributed by atoms with Crippen molar-refractivity contribution in [3.63, 3.8) is 0 Å². The summed E-state index contributed by atoms with van der Waals surface area (Å²) < 4.78 is 4.64. The minimum atomic E-state index is -0.999. The first-order chi connectivity index (χ1) is 14.1. The maximum Gasteiger partial charge on any atom is 0.328 e. The van der Waals surface area contributed by atoms with Crippen molar-refractivity contribution in [1.82, 2.24) is 15.5 Å². The number of nitrogens with one attached hydrogen (secondary N) is 2. The van der Waals surface area contributed by atoms with Gasteiger partial charge in [-0.05, 0) is 31.2 Å². The molecule has 0 spiro atoms. The summed E-state index contributed by atoms with van der Waals surface area (Å²) in [5, 5.41) is 5.36. The lowest BCUT2D eigenvalue weighted by Gasteiger charge is -2.32. The highest BCUT2D eigenvalue weighted by molar-refractivity contribution is 5.95. The van der Waals surface area contributed by atoms with E-state index in [4.69, 9.17) is 5.73 Å². The molecule has 4 amide bonds. The monoisotopic (exact) mass is 418 g/mol. The zero-order valence-corrected chi connectivity index (χ0v) is 17.8. The molecule has 1 aromatic carbocycles. The SMILES string of the molecule is COC(=O)[C@H](C)NC(=O)[C@@H](CC(C)C)N1C(=O)N[C@@H](Cc2ccccc2)[C@@H]1C(N)=O. The van der Waals surface area contributed by atoms with Crippen molar-refractivity contribution in [2.45, 2.75) is 57.8 Å². The lowest BCUT2D eigenvalue weighted by molar-refractivity contribution is -0.145. The number of esters is 1. The molecule has 0 saturated carbocycles. The van der Waals surface area contributed by atoms with Crippen LogP contribution < -0.4 is 16.4 Å². The molecule has 4 atom stereocenters. The van der Waals surface area contributed by atoms with Gasteiger partial charge >= 0.3 is 12.0 Å². The van der Waals surface area contributed by atoms with Crippen LogP contribution in [0, 0.1) is 5.92 Å². The van der Waals surface area contributed by atoms with Crippen LogP contribution in [-0.4, -0.2) is 60.0 Å². The van der Waals surface area contributed by atoms with Crippen LogP contribution in [0.25, 0.3) is 0 Å². The molecule has 0 aromatic heterocycles. The summed E-state index contributed by atoms with van der Waals surface area (Å²) in [6.45, 7) is 5.29. The van der Waals surface area contributed by atoms with E-state index < -0.39 is 48.0 Å². The molecule has 1 fully saturated rings. The second kappa shape index (κ2) is 10.1. The van der Waals surface area contributed by atoms with Gasteiger partial charge in [-0.1, -0.05) is 44.2 Å². The number of hydrogen-bond donors (Lipinski definition) is 3. The van der Waals surface area contributed by atoms with Crippen LogP contribution >= 0.6 is 0 Å². The predicted molar refractivity (Wildman–Crippen MR) is 110 cm³/mol. The average molecular weight is 418 g/mol. The van der Waals surface area contributed by atoms with Gasteiger partial charge in [-0.3, -0.25) is 14.5 Å². The molecule has 1 aliphatic heterocycles. The predicted octanol–water partition coefficient (Wildman–Crippen LogP) is 0.569. The number of carbonyl (C=O) groups is 4. The third kappa shape index (κ3) is 5.49. The van der Waals surface area contributed by atoms with Crippen molar-refractivity contribution >= 4 is 23.8 Å². The Morgan fingerprint density at radius 3 is 2.37 bits per heavy atom. The summed E-state index contributed by atoms with van der Waals surface area (Å²) in [7, 11) is 1.22. The molecule has 0 unspecified atom stereocenters. The third-order valence-electron chi connectivity index (χ3n) is 5.06. The minimum Gasteiger partial charge on any atom is -0.467 e. The Morgan fingerprint density at radius 1 is 1.20 bits per heavy atom. The summed E-state index contributed by atoms with van der Waals surface area (Å²) >= 11 is 0. The number of nitrogens with zero attached hydrogens (tertiary/aromatic N) is 1. The second-order valence-electron chi connectivity index (χ2n) is 7.90. The van der Waals surface area contributed by atoms with Crippen molar-refractivity contribution in [1.29, 1.82) is 0 Å². The van der Waals surface area contributed by atoms with E-state index in [2.05, 4.69) is 15.4 Å². The van der Waals surface area contributed by atoms with Crippen molar-refractivity contribution < 1.29 is 23.9 Å². The van der Waals surface area contributed by atoms with E-state index in [9.17, 15) is 19.2 Å². The molecule has 30 heavy (non-hydrogen) atoms. The molecule has 1 aliphatic rings. The van der Waals surface area contributed by atoms with Crippen LogP contribution in [0.5, 0.6) is 0 Å². The van der Waals surface area contributed by atoms with Crippen molar-refractivity contribution in [3.8, 4) is 0 Å². The molecule has 164 valence electrons. The maximum atomic E-state index is 13.0. The summed E-state index contributed by atoms with van der Waals surface area (Å²) in [4.78, 5) is 51.1. The molecule has 0 radical (unpaired) electrons. The van der Waals surface area contributed by atoms with Crippen LogP contribution in [0.1, 0.15) is 32.8 Å². The average Bonchev–Trinajstić information content (AvgIpc) is 3.01. The van der Waals surface area contributed by atoms with Gasteiger partial charge in [0.25, 0.3) is 0 Å². The molecule has 1 saturated heterocycles. The van der Waals surface area contributed by atoms with Gasteiger partial charge < -0.3 is 21.1 Å². The van der Waals surface area contributed by atoms with E-state index in [-0.39, 0.29) is 5.92 Å². The minimum absolute atomic E-state index is 0.0451. The van der Waals surface area contributed by atoms with E-state index >= 15 is 0 Å². The number of urea groups is 1. The van der Waals surface area contributed by atoms with Crippen LogP contribution in [-0.2, 0) is 25.5 Å². The lowest BCUT2D eigenvalue weighted by atomic mass is 9.96. The van der Waals surface area contributed by atoms with Gasteiger partial charge in [-0.2, -0.15) is 0 Å². The topological polar surface area (TPSA) is 131 Å². The Labute approximate surface area is 176 Å². The molecule has 9 nitrogen and oxygen atoms in total. The zero-order chi connectivity index (χ0) is 22.4. The fourth-order valence-electron chi connectivity index (χ4n) is 3.67. The Kier molecular flexibility index (Phi) is 7.79. The van der Waals surface area contributed by atoms with Crippen molar-refractivity contribution in [2.75, 3.05) is 7.11 Å². The molecular weight excluding hydrogens is 388 g/mol. The molecule has 2 rings (SSSR count). The molecule has 9 heteroatoms. The van der Waals surface area contributed by atoms with E-state index in [0.29, 0.717) is 12.8 Å². The Bertz CT molecular complexity index is 783. The first-order valence-electron chi connectivity index (χ1n) is 9.96. The van der Waals surface area contributed by atoms with Gasteiger partial charge in [0.15, 0.2) is 0 Å². The van der Waals surface area contributed by atoms with Gasteiger partial charge in [-0.15, -0.1) is 0 Å². The smallest absolute Gasteiger partial charge is 0.328 e. The normalized spacial score (nSPS) is 20.4. The molecule has 1 aromatic rings. The standard InChI is InChI=1S/C21H30N4O5/c1-12(2)10-16(19(27)23-13(3)20(28)30-4)25-17(18(22)26)15(24-21(25)29)11-14-8-6-5-7-9-14/h5-9,12-13,15-17H,10-11H2,1-4H3,(H2,22,26)(H,23,27)(H,24,29)/t13-,15-,16+,17+/m0/s1. The van der Waals surface area contributed by atoms with Crippen LogP contribution in [0.2, 0.25) is 0 Å². The van der Waals surface area contributed by atoms with Gasteiger partial charge in [0.2, 0.25) is 11.8 Å². The summed E-state index contributed by atoms with van der Waals surface area (Å²) in [5.74, 6) is -1.80. The van der Waals surface area contributed by atoms with Gasteiger partial charge in [-0.25, -0.2) is 9.59 Å². The molecule has 4 N–H and O–H groups in total. The fraction of sp³-hybridized carbons (Fsp3) is 0.524. The van der Waals surface area contributed by atoms with E-state index in [0.717, 1.165) is 5.56 Å². The van der Waals surface area contributed by atoms with E-state index in [1.165, 1.54) is 18.9 Å². The van der Waals surface area contributed by atoms with Crippen LogP contribution in [0.3, 0.4) is 0 Å². The van der Waals surface area contributed by atoms with Crippen molar-refractivity contribution in [2.24, 2.45) is 11.7 Å². The number of amides is 4. The third-order valence-corrected chi connectivity index (χ3v) is 5.06. The summed E-state index contributed by atoms with van der Waals surface area (Å²) in [6, 6.07) is 5.43. The largest absolute Gasteiger partial charge is 0.467 e. The number of hydrogen-bond acceptors (Lipinski definition) is 5.